The molecule has 0 aliphatic carbocycles. The van der Waals surface area contributed by atoms with Crippen LogP contribution in [0.1, 0.15) is 35.8 Å². The molecule has 0 N–H and O–H groups in total. The number of piperidine rings is 1. The fraction of sp³-hybridized carbons (Fsp3) is 0.368. The number of rotatable bonds is 6. The lowest BCUT2D eigenvalue weighted by Gasteiger charge is -2.30. The quantitative estimate of drug-likeness (QED) is 0.609. The second kappa shape index (κ2) is 8.39. The van der Waals surface area contributed by atoms with E-state index in [2.05, 4.69) is 15.5 Å². The van der Waals surface area contributed by atoms with E-state index in [1.165, 1.54) is 18.2 Å². The molecule has 1 saturated heterocycles. The molecule has 2 aromatic heterocycles. The van der Waals surface area contributed by atoms with E-state index in [1.54, 1.807) is 10.9 Å². The molecule has 1 aromatic carbocycles. The number of aromatic nitrogens is 4. The van der Waals surface area contributed by atoms with Crippen LogP contribution in [0.15, 0.2) is 58.3 Å². The molecule has 1 fully saturated rings. The highest BCUT2D eigenvalue weighted by Crippen LogP contribution is 2.36. The first-order valence-electron chi connectivity index (χ1n) is 9.10. The van der Waals surface area contributed by atoms with Crippen LogP contribution in [0, 0.1) is 0 Å². The van der Waals surface area contributed by atoms with Gasteiger partial charge < -0.3 is 9.32 Å². The average Bonchev–Trinajstić information content (AvgIpc) is 3.39. The van der Waals surface area contributed by atoms with Gasteiger partial charge in [0.05, 0.1) is 6.26 Å². The molecule has 0 saturated carbocycles. The Morgan fingerprint density at radius 1 is 1.11 bits per heavy atom. The van der Waals surface area contributed by atoms with Crippen molar-refractivity contribution in [2.45, 2.75) is 36.2 Å². The van der Waals surface area contributed by atoms with E-state index < -0.39 is 0 Å². The van der Waals surface area contributed by atoms with Crippen molar-refractivity contribution in [1.82, 2.24) is 25.1 Å². The van der Waals surface area contributed by atoms with E-state index >= 15 is 0 Å². The fourth-order valence-electron chi connectivity index (χ4n) is 3.20. The Morgan fingerprint density at radius 3 is 2.67 bits per heavy atom. The van der Waals surface area contributed by atoms with Crippen molar-refractivity contribution in [2.75, 3.05) is 13.1 Å². The van der Waals surface area contributed by atoms with Crippen molar-refractivity contribution in [3.63, 3.8) is 0 Å². The van der Waals surface area contributed by atoms with Crippen LogP contribution in [0.5, 0.6) is 0 Å². The van der Waals surface area contributed by atoms with Gasteiger partial charge in [-0.2, -0.15) is 0 Å². The van der Waals surface area contributed by atoms with E-state index in [1.807, 2.05) is 47.4 Å². The van der Waals surface area contributed by atoms with Gasteiger partial charge in [0.1, 0.15) is 17.6 Å². The summed E-state index contributed by atoms with van der Waals surface area (Å²) in [5, 5.41) is 12.2. The Bertz CT molecular complexity index is 859. The molecule has 0 bridgehead atoms. The van der Waals surface area contributed by atoms with Crippen LogP contribution in [0.2, 0.25) is 0 Å². The Kier molecular flexibility index (Phi) is 5.53. The summed E-state index contributed by atoms with van der Waals surface area (Å²) in [5.41, 5.74) is 0.964. The Balaban J connectivity index is 1.58. The van der Waals surface area contributed by atoms with E-state index in [0.717, 1.165) is 37.3 Å². The zero-order chi connectivity index (χ0) is 18.5. The maximum absolute atomic E-state index is 13.3. The topological polar surface area (TPSA) is 77.0 Å². The standard InChI is InChI=1S/C19H21N5O2S/c25-18(23-11-5-2-6-12-23)17(15-8-3-1-4-9-15)27-19-20-21-22-24(19)14-16-10-7-13-26-16/h1,3-4,7-10,13,17H,2,5-6,11-12,14H2. The number of nitrogens with zero attached hydrogens (tertiary/aromatic N) is 5. The number of tetrazole rings is 1. The normalized spacial score (nSPS) is 15.6. The number of hydrogen-bond donors (Lipinski definition) is 0. The van der Waals surface area contributed by atoms with E-state index in [-0.39, 0.29) is 11.2 Å². The van der Waals surface area contributed by atoms with Gasteiger partial charge in [0.15, 0.2) is 0 Å². The highest BCUT2D eigenvalue weighted by Gasteiger charge is 2.29. The van der Waals surface area contributed by atoms with Crippen molar-refractivity contribution in [1.29, 1.82) is 0 Å². The highest BCUT2D eigenvalue weighted by atomic mass is 32.2. The van der Waals surface area contributed by atoms with Crippen LogP contribution < -0.4 is 0 Å². The molecule has 3 aromatic rings. The summed E-state index contributed by atoms with van der Waals surface area (Å²) in [6, 6.07) is 13.6. The molecule has 7 nitrogen and oxygen atoms in total. The number of likely N-dealkylation sites (tertiary alicyclic amines) is 1. The monoisotopic (exact) mass is 383 g/mol. The number of hydrogen-bond acceptors (Lipinski definition) is 6. The van der Waals surface area contributed by atoms with E-state index in [4.69, 9.17) is 4.42 Å². The highest BCUT2D eigenvalue weighted by molar-refractivity contribution is 8.00. The largest absolute Gasteiger partial charge is 0.467 e. The Hall–Kier alpha value is -2.61. The third-order valence-corrected chi connectivity index (χ3v) is 5.82. The van der Waals surface area contributed by atoms with Crippen LogP contribution in [0.4, 0.5) is 0 Å². The van der Waals surface area contributed by atoms with Crippen LogP contribution in [-0.4, -0.2) is 44.1 Å². The molecule has 1 unspecified atom stereocenters. The summed E-state index contributed by atoms with van der Waals surface area (Å²) in [6.07, 6.45) is 4.94. The van der Waals surface area contributed by atoms with Crippen LogP contribution in [0.3, 0.4) is 0 Å². The summed E-state index contributed by atoms with van der Waals surface area (Å²) in [4.78, 5) is 15.2. The van der Waals surface area contributed by atoms with E-state index in [0.29, 0.717) is 11.7 Å². The van der Waals surface area contributed by atoms with Crippen LogP contribution in [-0.2, 0) is 11.3 Å². The molecule has 0 radical (unpaired) electrons. The van der Waals surface area contributed by atoms with Gasteiger partial charge in [-0.25, -0.2) is 4.68 Å². The molecule has 1 aliphatic rings. The van der Waals surface area contributed by atoms with E-state index in [9.17, 15) is 4.79 Å². The zero-order valence-electron chi connectivity index (χ0n) is 14.9. The first-order chi connectivity index (χ1) is 13.3. The second-order valence-electron chi connectivity index (χ2n) is 6.49. The van der Waals surface area contributed by atoms with Crippen molar-refractivity contribution < 1.29 is 9.21 Å². The summed E-state index contributed by atoms with van der Waals surface area (Å²) in [5.74, 6) is 0.890. The smallest absolute Gasteiger partial charge is 0.240 e. The van der Waals surface area contributed by atoms with Gasteiger partial charge in [-0.05, 0) is 47.4 Å². The molecular formula is C19H21N5O2S. The molecule has 1 amide bonds. The van der Waals surface area contributed by atoms with Crippen LogP contribution >= 0.6 is 11.8 Å². The third-order valence-electron chi connectivity index (χ3n) is 4.60. The minimum atomic E-state index is -0.370. The number of furan rings is 1. The number of carbonyl (C=O) groups excluding carboxylic acids is 1. The molecule has 140 valence electrons. The lowest BCUT2D eigenvalue weighted by molar-refractivity contribution is -0.131. The molecule has 4 rings (SSSR count). The summed E-state index contributed by atoms with van der Waals surface area (Å²) in [7, 11) is 0. The van der Waals surface area contributed by atoms with Crippen molar-refractivity contribution in [3.8, 4) is 0 Å². The summed E-state index contributed by atoms with van der Waals surface area (Å²) in [6.45, 7) is 2.07. The Morgan fingerprint density at radius 2 is 1.93 bits per heavy atom. The number of benzene rings is 1. The molecular weight excluding hydrogens is 362 g/mol. The van der Waals surface area contributed by atoms with Crippen molar-refractivity contribution in [3.05, 3.63) is 60.1 Å². The minimum absolute atomic E-state index is 0.124. The molecule has 27 heavy (non-hydrogen) atoms. The van der Waals surface area contributed by atoms with Gasteiger partial charge in [-0.1, -0.05) is 42.1 Å². The van der Waals surface area contributed by atoms with Gasteiger partial charge in [-0.15, -0.1) is 5.10 Å². The SMILES string of the molecule is O=C(C(Sc1nnnn1Cc1ccco1)c1ccccc1)N1CCCCC1. The number of thioether (sulfide) groups is 1. The number of amides is 1. The fourth-order valence-corrected chi connectivity index (χ4v) is 4.26. The molecule has 0 spiro atoms. The van der Waals surface area contributed by atoms with Gasteiger partial charge in [0, 0.05) is 13.1 Å². The summed E-state index contributed by atoms with van der Waals surface area (Å²) < 4.78 is 7.06. The van der Waals surface area contributed by atoms with Crippen molar-refractivity contribution >= 4 is 17.7 Å². The van der Waals surface area contributed by atoms with Gasteiger partial charge >= 0.3 is 0 Å². The number of carbonyl (C=O) groups is 1. The summed E-state index contributed by atoms with van der Waals surface area (Å²) >= 11 is 1.39. The Labute approximate surface area is 161 Å². The zero-order valence-corrected chi connectivity index (χ0v) is 15.7. The molecule has 1 atom stereocenters. The van der Waals surface area contributed by atoms with Crippen molar-refractivity contribution in [2.24, 2.45) is 0 Å². The predicted octanol–water partition coefficient (Wildman–Crippen LogP) is 3.16. The van der Waals surface area contributed by atoms with Gasteiger partial charge in [0.25, 0.3) is 0 Å². The third kappa shape index (κ3) is 4.21. The van der Waals surface area contributed by atoms with Crippen LogP contribution in [0.25, 0.3) is 0 Å². The average molecular weight is 383 g/mol. The predicted molar refractivity (Wildman–Crippen MR) is 101 cm³/mol. The molecule has 8 heteroatoms. The first kappa shape index (κ1) is 17.8. The van der Waals surface area contributed by atoms with Gasteiger partial charge in [0.2, 0.25) is 11.1 Å². The lowest BCUT2D eigenvalue weighted by Crippen LogP contribution is -2.38. The second-order valence-corrected chi connectivity index (χ2v) is 7.57. The maximum atomic E-state index is 13.3. The molecule has 3 heterocycles. The first-order valence-corrected chi connectivity index (χ1v) is 9.98. The van der Waals surface area contributed by atoms with Gasteiger partial charge in [-0.3, -0.25) is 4.79 Å². The maximum Gasteiger partial charge on any atom is 0.240 e. The minimum Gasteiger partial charge on any atom is -0.467 e. The molecule has 1 aliphatic heterocycles. The lowest BCUT2D eigenvalue weighted by atomic mass is 10.1.